The number of amides is 6. The average molecular weight is 1020 g/mol. The van der Waals surface area contributed by atoms with Crippen LogP contribution in [0.1, 0.15) is 76.6 Å². The Balaban J connectivity index is 0.000000274. The van der Waals surface area contributed by atoms with Crippen molar-refractivity contribution in [3.8, 4) is 0 Å². The lowest BCUT2D eigenvalue weighted by Gasteiger charge is -2.28. The summed E-state index contributed by atoms with van der Waals surface area (Å²) in [4.78, 5) is 107. The molecule has 6 atom stereocenters. The second-order valence-electron chi connectivity index (χ2n) is 20.2. The number of hydrogen-bond acceptors (Lipinski definition) is 12. The fourth-order valence-corrected chi connectivity index (χ4v) is 8.30. The van der Waals surface area contributed by atoms with Crippen LogP contribution in [0.3, 0.4) is 0 Å². The minimum atomic E-state index is -1.17. The molecule has 6 rings (SSSR count). The van der Waals surface area contributed by atoms with Gasteiger partial charge in [0.2, 0.25) is 23.4 Å². The summed E-state index contributed by atoms with van der Waals surface area (Å²) in [5.74, 6) is -4.07. The monoisotopic (exact) mass is 1020 g/mol. The van der Waals surface area contributed by atoms with Crippen molar-refractivity contribution in [2.75, 3.05) is 27.3 Å². The number of likely N-dealkylation sites (tertiary alicyclic amines) is 2. The first-order valence-corrected chi connectivity index (χ1v) is 24.6. The van der Waals surface area contributed by atoms with Gasteiger partial charge < -0.3 is 50.0 Å². The number of carbonyl (C=O) groups is 8. The van der Waals surface area contributed by atoms with Crippen LogP contribution in [0.25, 0.3) is 0 Å². The van der Waals surface area contributed by atoms with Gasteiger partial charge in [0.05, 0.1) is 12.2 Å². The van der Waals surface area contributed by atoms with Gasteiger partial charge in [-0.3, -0.25) is 28.8 Å². The Morgan fingerprint density at radius 1 is 0.486 bits per heavy atom. The summed E-state index contributed by atoms with van der Waals surface area (Å²) in [6, 6.07) is 32.3. The summed E-state index contributed by atoms with van der Waals surface area (Å²) < 4.78 is 21.4. The topological polar surface area (TPSA) is 228 Å². The maximum absolute atomic E-state index is 13.5. The molecular weight excluding hydrogens is 949 g/mol. The molecule has 74 heavy (non-hydrogen) atoms. The number of ketones is 2. The van der Waals surface area contributed by atoms with Gasteiger partial charge in [-0.25, -0.2) is 9.59 Å². The number of nitrogens with one attached hydrogen (secondary N) is 4. The third-order valence-corrected chi connectivity index (χ3v) is 11.9. The maximum Gasteiger partial charge on any atom is 0.408 e. The molecule has 0 saturated carbocycles. The van der Waals surface area contributed by atoms with E-state index in [-0.39, 0.29) is 76.0 Å². The molecule has 0 aromatic heterocycles. The van der Waals surface area contributed by atoms with Gasteiger partial charge in [0.15, 0.2) is 0 Å². The fraction of sp³-hybridized carbons (Fsp3) is 0.429. The highest BCUT2D eigenvalue weighted by Gasteiger charge is 2.46. The van der Waals surface area contributed by atoms with Crippen LogP contribution in [0.2, 0.25) is 0 Å². The number of carbonyl (C=O) groups excluding carboxylic acids is 8. The average Bonchev–Trinajstić information content (AvgIpc) is 4.03. The lowest BCUT2D eigenvalue weighted by Crippen LogP contribution is -2.55. The van der Waals surface area contributed by atoms with Crippen molar-refractivity contribution in [2.45, 2.75) is 128 Å². The molecule has 2 fully saturated rings. The zero-order valence-corrected chi connectivity index (χ0v) is 43.5. The Kier molecular flexibility index (Phi) is 21.0. The van der Waals surface area contributed by atoms with Crippen LogP contribution < -0.4 is 21.3 Å². The van der Waals surface area contributed by atoms with E-state index in [1.165, 1.54) is 24.0 Å². The molecule has 4 unspecified atom stereocenters. The third kappa shape index (κ3) is 17.9. The first kappa shape index (κ1) is 57.5. The molecule has 4 aromatic carbocycles. The standard InChI is InChI=1S/2C28H35N3O6/c2*1-28(2,3)30-25(33)23-16-21(36-4)17-31(23)26(34)24(32)22(15-19-11-7-5-8-12-19)29-27(35)37-18-20-13-9-6-10-14-20/h2*5-14,21-23H,15-18H2,1-4H3,(H,29,35)(H,30,33)/t2*21?,22?,23-/m00/s1. The van der Waals surface area contributed by atoms with E-state index in [9.17, 15) is 38.4 Å². The molecule has 2 saturated heterocycles. The van der Waals surface area contributed by atoms with Crippen LogP contribution >= 0.6 is 0 Å². The van der Waals surface area contributed by atoms with Gasteiger partial charge >= 0.3 is 12.2 Å². The van der Waals surface area contributed by atoms with Crippen molar-refractivity contribution in [2.24, 2.45) is 0 Å². The van der Waals surface area contributed by atoms with E-state index in [2.05, 4.69) is 21.3 Å². The van der Waals surface area contributed by atoms with Gasteiger partial charge in [0.1, 0.15) is 37.4 Å². The highest BCUT2D eigenvalue weighted by Crippen LogP contribution is 2.24. The number of nitrogens with zero attached hydrogens (tertiary/aromatic N) is 2. The van der Waals surface area contributed by atoms with E-state index in [4.69, 9.17) is 18.9 Å². The van der Waals surface area contributed by atoms with Crippen molar-refractivity contribution in [1.82, 2.24) is 31.1 Å². The van der Waals surface area contributed by atoms with Crippen molar-refractivity contribution in [3.05, 3.63) is 144 Å². The number of Topliss-reactive ketones (excluding diaryl/α,β-unsaturated/α-hetero) is 2. The Hall–Kier alpha value is -7.44. The van der Waals surface area contributed by atoms with Crippen molar-refractivity contribution in [3.63, 3.8) is 0 Å². The maximum atomic E-state index is 13.5. The van der Waals surface area contributed by atoms with Gasteiger partial charge in [-0.2, -0.15) is 0 Å². The highest BCUT2D eigenvalue weighted by atomic mass is 16.6. The Morgan fingerprint density at radius 2 is 0.784 bits per heavy atom. The second kappa shape index (κ2) is 27.0. The first-order chi connectivity index (χ1) is 35.1. The zero-order chi connectivity index (χ0) is 54.0. The summed E-state index contributed by atoms with van der Waals surface area (Å²) in [5, 5.41) is 10.9. The molecule has 4 N–H and O–H groups in total. The molecule has 2 heterocycles. The Morgan fingerprint density at radius 3 is 1.07 bits per heavy atom. The third-order valence-electron chi connectivity index (χ3n) is 11.9. The van der Waals surface area contributed by atoms with Crippen molar-refractivity contribution in [1.29, 1.82) is 0 Å². The molecule has 0 bridgehead atoms. The number of alkyl carbamates (subject to hydrolysis) is 2. The molecule has 0 aliphatic carbocycles. The summed E-state index contributed by atoms with van der Waals surface area (Å²) >= 11 is 0. The van der Waals surface area contributed by atoms with Gasteiger partial charge in [0, 0.05) is 64.1 Å². The Labute approximate surface area is 433 Å². The quantitative estimate of drug-likeness (QED) is 0.0938. The minimum absolute atomic E-state index is 0.0174. The summed E-state index contributed by atoms with van der Waals surface area (Å²) in [5.41, 5.74) is 2.07. The van der Waals surface area contributed by atoms with Crippen LogP contribution in [0.4, 0.5) is 9.59 Å². The molecule has 4 aromatic rings. The van der Waals surface area contributed by atoms with E-state index in [0.29, 0.717) is 0 Å². The minimum Gasteiger partial charge on any atom is -0.445 e. The Bertz CT molecular complexity index is 2340. The molecule has 6 amide bonds. The predicted octanol–water partition coefficient (Wildman–Crippen LogP) is 5.25. The predicted molar refractivity (Wildman–Crippen MR) is 275 cm³/mol. The SMILES string of the molecule is COC1C[C@@H](C(=O)NC(C)(C)C)N(C(=O)C(=O)C(Cc2ccccc2)NC(=O)OCc2ccccc2)C1.COC1C[C@@H](C(=O)NC(C)(C)C)N(C(=O)C(=O)C(Cc2ccccc2)NC(=O)OCc2ccccc2)C1. The van der Waals surface area contributed by atoms with Gasteiger partial charge in [-0.05, 0) is 63.8 Å². The molecule has 18 nitrogen and oxygen atoms in total. The van der Waals surface area contributed by atoms with Crippen molar-refractivity contribution < 1.29 is 57.3 Å². The molecule has 0 radical (unpaired) electrons. The van der Waals surface area contributed by atoms with Crippen LogP contribution in [-0.2, 0) is 73.8 Å². The summed E-state index contributed by atoms with van der Waals surface area (Å²) in [6.45, 7) is 11.3. The largest absolute Gasteiger partial charge is 0.445 e. The molecule has 2 aliphatic heterocycles. The van der Waals surface area contributed by atoms with Crippen LogP contribution in [0, 0.1) is 0 Å². The lowest BCUT2D eigenvalue weighted by molar-refractivity contribution is -0.148. The van der Waals surface area contributed by atoms with E-state index in [1.54, 1.807) is 24.3 Å². The van der Waals surface area contributed by atoms with Crippen molar-refractivity contribution >= 4 is 47.4 Å². The highest BCUT2D eigenvalue weighted by molar-refractivity contribution is 6.39. The number of rotatable bonds is 18. The summed E-state index contributed by atoms with van der Waals surface area (Å²) in [7, 11) is 3.00. The smallest absolute Gasteiger partial charge is 0.408 e. The van der Waals surface area contributed by atoms with E-state index in [0.717, 1.165) is 22.3 Å². The number of benzene rings is 4. The van der Waals surface area contributed by atoms with Gasteiger partial charge in [0.25, 0.3) is 11.8 Å². The van der Waals surface area contributed by atoms with Crippen LogP contribution in [0.5, 0.6) is 0 Å². The van der Waals surface area contributed by atoms with Crippen LogP contribution in [-0.4, -0.2) is 132 Å². The number of ether oxygens (including phenoxy) is 4. The molecular formula is C56H70N6O12. The number of hydrogen-bond donors (Lipinski definition) is 4. The van der Waals surface area contributed by atoms with Gasteiger partial charge in [-0.1, -0.05) is 121 Å². The fourth-order valence-electron chi connectivity index (χ4n) is 8.30. The number of methoxy groups -OCH3 is 2. The zero-order valence-electron chi connectivity index (χ0n) is 43.5. The van der Waals surface area contributed by atoms with Crippen LogP contribution in [0.15, 0.2) is 121 Å². The van der Waals surface area contributed by atoms with Gasteiger partial charge in [-0.15, -0.1) is 0 Å². The molecule has 0 spiro atoms. The summed E-state index contributed by atoms with van der Waals surface area (Å²) in [6.07, 6.45) is -1.68. The molecule has 396 valence electrons. The second-order valence-corrected chi connectivity index (χ2v) is 20.2. The molecule has 2 aliphatic rings. The first-order valence-electron chi connectivity index (χ1n) is 24.6. The normalized spacial score (nSPS) is 18.1. The van der Waals surface area contributed by atoms with E-state index in [1.807, 2.05) is 139 Å². The van der Waals surface area contributed by atoms with E-state index < -0.39 is 70.8 Å². The molecule has 18 heteroatoms. The lowest BCUT2D eigenvalue weighted by atomic mass is 10.0. The van der Waals surface area contributed by atoms with E-state index >= 15 is 0 Å².